The predicted octanol–water partition coefficient (Wildman–Crippen LogP) is 1.77. The number of aliphatic hydroxyl groups excluding tert-OH is 1. The third kappa shape index (κ3) is 1.79. The minimum absolute atomic E-state index is 0.0334. The number of hydrogen-bond acceptors (Lipinski definition) is 3. The highest BCUT2D eigenvalue weighted by Crippen LogP contribution is 2.23. The van der Waals surface area contributed by atoms with Crippen LogP contribution in [0.15, 0.2) is 18.2 Å². The topological polar surface area (TPSA) is 50.9 Å². The fraction of sp³-hybridized carbons (Fsp3) is 0.200. The minimum Gasteiger partial charge on any atom is -0.388 e. The first-order valence-corrected chi connectivity index (χ1v) is 4.96. The SMILES string of the molecule is Cn1c(CO)nnc1-c1ccc(F)c(Cl)c1. The van der Waals surface area contributed by atoms with Crippen molar-refractivity contribution in [2.24, 2.45) is 7.05 Å². The summed E-state index contributed by atoms with van der Waals surface area (Å²) in [5, 5.41) is 16.7. The molecular formula is C10H9ClFN3O. The van der Waals surface area contributed by atoms with E-state index >= 15 is 0 Å². The first-order chi connectivity index (χ1) is 7.63. The van der Waals surface area contributed by atoms with Gasteiger partial charge in [-0.25, -0.2) is 4.39 Å². The molecule has 6 heteroatoms. The van der Waals surface area contributed by atoms with Crippen molar-refractivity contribution < 1.29 is 9.50 Å². The third-order valence-corrected chi connectivity index (χ3v) is 2.57. The molecule has 0 aliphatic heterocycles. The Labute approximate surface area is 96.3 Å². The molecule has 0 bridgehead atoms. The zero-order chi connectivity index (χ0) is 11.7. The number of aromatic nitrogens is 3. The molecule has 4 nitrogen and oxygen atoms in total. The van der Waals surface area contributed by atoms with Gasteiger partial charge in [0.1, 0.15) is 12.4 Å². The van der Waals surface area contributed by atoms with Gasteiger partial charge in [0.2, 0.25) is 0 Å². The average Bonchev–Trinajstić information content (AvgIpc) is 2.64. The highest BCUT2D eigenvalue weighted by Gasteiger charge is 2.11. The molecule has 1 aromatic carbocycles. The molecule has 1 heterocycles. The number of halogens is 2. The molecule has 0 spiro atoms. The van der Waals surface area contributed by atoms with Crippen LogP contribution < -0.4 is 0 Å². The standard InChI is InChI=1S/C10H9ClFN3O/c1-15-9(5-16)13-14-10(15)6-2-3-8(12)7(11)4-6/h2-4,16H,5H2,1H3. The smallest absolute Gasteiger partial charge is 0.163 e. The number of aliphatic hydroxyl groups is 1. The Hall–Kier alpha value is -1.46. The monoisotopic (exact) mass is 241 g/mol. The molecule has 16 heavy (non-hydrogen) atoms. The summed E-state index contributed by atoms with van der Waals surface area (Å²) in [6.07, 6.45) is 0. The molecule has 0 aliphatic carbocycles. The maximum atomic E-state index is 13.0. The van der Waals surface area contributed by atoms with E-state index in [-0.39, 0.29) is 11.6 Å². The summed E-state index contributed by atoms with van der Waals surface area (Å²) in [7, 11) is 1.72. The minimum atomic E-state index is -0.477. The summed E-state index contributed by atoms with van der Waals surface area (Å²) in [4.78, 5) is 0. The molecular weight excluding hydrogens is 233 g/mol. The molecule has 0 amide bonds. The fourth-order valence-electron chi connectivity index (χ4n) is 1.39. The Morgan fingerprint density at radius 3 is 2.75 bits per heavy atom. The first-order valence-electron chi connectivity index (χ1n) is 4.58. The van der Waals surface area contributed by atoms with Crippen LogP contribution >= 0.6 is 11.6 Å². The molecule has 0 saturated carbocycles. The Balaban J connectivity index is 2.50. The van der Waals surface area contributed by atoms with Crippen molar-refractivity contribution >= 4 is 11.6 Å². The first kappa shape index (κ1) is 11.0. The summed E-state index contributed by atoms with van der Waals surface area (Å²) in [5.74, 6) is 0.497. The van der Waals surface area contributed by atoms with E-state index in [2.05, 4.69) is 10.2 Å². The molecule has 0 unspecified atom stereocenters. The second-order valence-electron chi connectivity index (χ2n) is 3.29. The van der Waals surface area contributed by atoms with Gasteiger partial charge in [-0.1, -0.05) is 11.6 Å². The zero-order valence-corrected chi connectivity index (χ0v) is 9.24. The largest absolute Gasteiger partial charge is 0.388 e. The van der Waals surface area contributed by atoms with E-state index in [1.165, 1.54) is 12.1 Å². The van der Waals surface area contributed by atoms with Gasteiger partial charge in [0.25, 0.3) is 0 Å². The fourth-order valence-corrected chi connectivity index (χ4v) is 1.57. The number of nitrogens with zero attached hydrogens (tertiary/aromatic N) is 3. The van der Waals surface area contributed by atoms with E-state index in [1.807, 2.05) is 0 Å². The van der Waals surface area contributed by atoms with E-state index in [0.29, 0.717) is 17.2 Å². The van der Waals surface area contributed by atoms with E-state index in [1.54, 1.807) is 17.7 Å². The molecule has 0 saturated heterocycles. The lowest BCUT2D eigenvalue weighted by Gasteiger charge is -2.03. The van der Waals surface area contributed by atoms with E-state index in [9.17, 15) is 4.39 Å². The van der Waals surface area contributed by atoms with Crippen LogP contribution in [0.25, 0.3) is 11.4 Å². The molecule has 2 aromatic rings. The van der Waals surface area contributed by atoms with Gasteiger partial charge < -0.3 is 9.67 Å². The summed E-state index contributed by atoms with van der Waals surface area (Å²) in [5.41, 5.74) is 0.654. The lowest BCUT2D eigenvalue weighted by Crippen LogP contribution is -1.99. The Kier molecular flexibility index (Phi) is 2.89. The lowest BCUT2D eigenvalue weighted by molar-refractivity contribution is 0.267. The Bertz CT molecular complexity index is 527. The van der Waals surface area contributed by atoms with Crippen LogP contribution in [-0.2, 0) is 13.7 Å². The van der Waals surface area contributed by atoms with Gasteiger partial charge >= 0.3 is 0 Å². The highest BCUT2D eigenvalue weighted by molar-refractivity contribution is 6.31. The van der Waals surface area contributed by atoms with Crippen LogP contribution in [0.3, 0.4) is 0 Å². The molecule has 0 fully saturated rings. The summed E-state index contributed by atoms with van der Waals surface area (Å²) >= 11 is 5.67. The zero-order valence-electron chi connectivity index (χ0n) is 8.48. The van der Waals surface area contributed by atoms with Gasteiger partial charge in [-0.3, -0.25) is 0 Å². The summed E-state index contributed by atoms with van der Waals surface area (Å²) in [6, 6.07) is 4.30. The van der Waals surface area contributed by atoms with Crippen molar-refractivity contribution in [3.8, 4) is 11.4 Å². The number of rotatable bonds is 2. The quantitative estimate of drug-likeness (QED) is 0.872. The normalized spacial score (nSPS) is 10.8. The van der Waals surface area contributed by atoms with Gasteiger partial charge in [-0.05, 0) is 18.2 Å². The predicted molar refractivity (Wildman–Crippen MR) is 57.3 cm³/mol. The van der Waals surface area contributed by atoms with Crippen LogP contribution in [0.4, 0.5) is 4.39 Å². The molecule has 0 aliphatic rings. The third-order valence-electron chi connectivity index (χ3n) is 2.28. The van der Waals surface area contributed by atoms with Gasteiger partial charge in [-0.2, -0.15) is 0 Å². The van der Waals surface area contributed by atoms with Gasteiger partial charge in [0.15, 0.2) is 11.6 Å². The van der Waals surface area contributed by atoms with E-state index in [4.69, 9.17) is 16.7 Å². The molecule has 84 valence electrons. The second kappa shape index (κ2) is 4.19. The van der Waals surface area contributed by atoms with Gasteiger partial charge in [0, 0.05) is 12.6 Å². The van der Waals surface area contributed by atoms with Crippen molar-refractivity contribution in [1.29, 1.82) is 0 Å². The summed E-state index contributed by atoms with van der Waals surface area (Å²) in [6.45, 7) is -0.196. The Morgan fingerprint density at radius 2 is 2.19 bits per heavy atom. The lowest BCUT2D eigenvalue weighted by atomic mass is 10.2. The van der Waals surface area contributed by atoms with Crippen molar-refractivity contribution in [3.63, 3.8) is 0 Å². The number of benzene rings is 1. The van der Waals surface area contributed by atoms with Crippen molar-refractivity contribution in [2.45, 2.75) is 6.61 Å². The molecule has 1 aromatic heterocycles. The molecule has 0 atom stereocenters. The molecule has 1 N–H and O–H groups in total. The highest BCUT2D eigenvalue weighted by atomic mass is 35.5. The average molecular weight is 242 g/mol. The van der Waals surface area contributed by atoms with Crippen molar-refractivity contribution in [1.82, 2.24) is 14.8 Å². The van der Waals surface area contributed by atoms with Crippen LogP contribution in [-0.4, -0.2) is 19.9 Å². The van der Waals surface area contributed by atoms with Crippen molar-refractivity contribution in [2.75, 3.05) is 0 Å². The summed E-state index contributed by atoms with van der Waals surface area (Å²) < 4.78 is 14.6. The van der Waals surface area contributed by atoms with E-state index in [0.717, 1.165) is 0 Å². The second-order valence-corrected chi connectivity index (χ2v) is 3.69. The van der Waals surface area contributed by atoms with E-state index < -0.39 is 5.82 Å². The van der Waals surface area contributed by atoms with Gasteiger partial charge in [-0.15, -0.1) is 10.2 Å². The van der Waals surface area contributed by atoms with Gasteiger partial charge in [0.05, 0.1) is 5.02 Å². The van der Waals surface area contributed by atoms with Crippen LogP contribution in [0.5, 0.6) is 0 Å². The molecule has 2 rings (SSSR count). The maximum Gasteiger partial charge on any atom is 0.163 e. The van der Waals surface area contributed by atoms with Crippen LogP contribution in [0.1, 0.15) is 5.82 Å². The van der Waals surface area contributed by atoms with Crippen LogP contribution in [0.2, 0.25) is 5.02 Å². The molecule has 0 radical (unpaired) electrons. The Morgan fingerprint density at radius 1 is 1.44 bits per heavy atom. The van der Waals surface area contributed by atoms with Crippen LogP contribution in [0, 0.1) is 5.82 Å². The number of hydrogen-bond donors (Lipinski definition) is 1. The van der Waals surface area contributed by atoms with Crippen molar-refractivity contribution in [3.05, 3.63) is 34.9 Å². The maximum absolute atomic E-state index is 13.0.